The van der Waals surface area contributed by atoms with E-state index in [9.17, 15) is 0 Å². The summed E-state index contributed by atoms with van der Waals surface area (Å²) in [5.41, 5.74) is 1.14. The largest absolute Gasteiger partial charge is 0.373 e. The number of nitrogens with zero attached hydrogens (tertiary/aromatic N) is 2. The van der Waals surface area contributed by atoms with E-state index in [-0.39, 0.29) is 12.0 Å². The molecule has 2 heterocycles. The van der Waals surface area contributed by atoms with Gasteiger partial charge in [0.1, 0.15) is 0 Å². The monoisotopic (exact) mass is 264 g/mol. The van der Waals surface area contributed by atoms with Crippen molar-refractivity contribution in [2.24, 2.45) is 0 Å². The Balaban J connectivity index is 1.73. The summed E-state index contributed by atoms with van der Waals surface area (Å²) < 4.78 is 10.8. The van der Waals surface area contributed by atoms with Crippen molar-refractivity contribution in [2.75, 3.05) is 6.61 Å². The average Bonchev–Trinajstić information content (AvgIpc) is 2.98. The van der Waals surface area contributed by atoms with Crippen LogP contribution >= 0.6 is 11.6 Å². The molecule has 0 saturated carbocycles. The smallest absolute Gasteiger partial charge is 0.223 e. The Bertz CT molecular complexity index is 538. The molecule has 94 valence electrons. The highest BCUT2D eigenvalue weighted by Gasteiger charge is 2.30. The molecule has 1 aliphatic heterocycles. The van der Waals surface area contributed by atoms with Crippen molar-refractivity contribution < 1.29 is 9.26 Å². The maximum Gasteiger partial charge on any atom is 0.223 e. The topological polar surface area (TPSA) is 48.2 Å². The average molecular weight is 265 g/mol. The fourth-order valence-electron chi connectivity index (χ4n) is 2.20. The first-order chi connectivity index (χ1) is 8.72. The van der Waals surface area contributed by atoms with Crippen LogP contribution in [0, 0.1) is 6.92 Å². The predicted molar refractivity (Wildman–Crippen MR) is 66.5 cm³/mol. The number of rotatable bonds is 2. The van der Waals surface area contributed by atoms with E-state index in [0.29, 0.717) is 12.5 Å². The molecule has 1 aliphatic rings. The van der Waals surface area contributed by atoms with Gasteiger partial charge in [0, 0.05) is 17.9 Å². The third-order valence-electron chi connectivity index (χ3n) is 3.15. The fraction of sp³-hybridized carbons (Fsp3) is 0.385. The molecule has 1 fully saturated rings. The maximum atomic E-state index is 5.87. The van der Waals surface area contributed by atoms with Crippen molar-refractivity contribution >= 4 is 11.6 Å². The highest BCUT2D eigenvalue weighted by Crippen LogP contribution is 2.37. The molecule has 0 aliphatic carbocycles. The van der Waals surface area contributed by atoms with Crippen LogP contribution in [-0.2, 0) is 4.74 Å². The molecule has 1 saturated heterocycles. The lowest BCUT2D eigenvalue weighted by Crippen LogP contribution is -1.99. The standard InChI is InChI=1S/C13H13ClN2O2/c1-8-15-13(16-18-8)10-6-12(17-7-10)9-2-4-11(14)5-3-9/h2-5,10,12H,6-7H2,1H3/t10-,12+/m0/s1. The molecule has 0 amide bonds. The minimum Gasteiger partial charge on any atom is -0.373 e. The van der Waals surface area contributed by atoms with Gasteiger partial charge in [-0.25, -0.2) is 0 Å². The first-order valence-electron chi connectivity index (χ1n) is 5.89. The van der Waals surface area contributed by atoms with Gasteiger partial charge in [-0.15, -0.1) is 0 Å². The van der Waals surface area contributed by atoms with Crippen LogP contribution in [0.4, 0.5) is 0 Å². The molecule has 0 unspecified atom stereocenters. The molecule has 4 nitrogen and oxygen atoms in total. The van der Waals surface area contributed by atoms with Crippen LogP contribution in [0.25, 0.3) is 0 Å². The Labute approximate surface area is 110 Å². The zero-order valence-corrected chi connectivity index (χ0v) is 10.7. The molecular formula is C13H13ClN2O2. The minimum absolute atomic E-state index is 0.0890. The first-order valence-corrected chi connectivity index (χ1v) is 6.27. The summed E-state index contributed by atoms with van der Waals surface area (Å²) in [4.78, 5) is 4.26. The summed E-state index contributed by atoms with van der Waals surface area (Å²) in [7, 11) is 0. The van der Waals surface area contributed by atoms with E-state index in [4.69, 9.17) is 20.9 Å². The summed E-state index contributed by atoms with van der Waals surface area (Å²) in [5.74, 6) is 1.55. The molecular weight excluding hydrogens is 252 g/mol. The maximum absolute atomic E-state index is 5.87. The summed E-state index contributed by atoms with van der Waals surface area (Å²) >= 11 is 5.87. The van der Waals surface area contributed by atoms with Gasteiger partial charge in [-0.1, -0.05) is 28.9 Å². The van der Waals surface area contributed by atoms with E-state index in [2.05, 4.69) is 10.1 Å². The number of ether oxygens (including phenoxy) is 1. The first kappa shape index (κ1) is 11.7. The highest BCUT2D eigenvalue weighted by atomic mass is 35.5. The summed E-state index contributed by atoms with van der Waals surface area (Å²) in [5, 5.41) is 4.69. The number of aryl methyl sites for hydroxylation is 1. The summed E-state index contributed by atoms with van der Waals surface area (Å²) in [6, 6.07) is 7.76. The molecule has 1 aromatic heterocycles. The van der Waals surface area contributed by atoms with E-state index >= 15 is 0 Å². The van der Waals surface area contributed by atoms with Gasteiger partial charge >= 0.3 is 0 Å². The number of aromatic nitrogens is 2. The number of hydrogen-bond donors (Lipinski definition) is 0. The molecule has 5 heteroatoms. The molecule has 1 aromatic carbocycles. The lowest BCUT2D eigenvalue weighted by molar-refractivity contribution is 0.110. The minimum atomic E-state index is 0.0890. The second-order valence-corrected chi connectivity index (χ2v) is 4.91. The van der Waals surface area contributed by atoms with Crippen LogP contribution in [0.3, 0.4) is 0 Å². The Kier molecular flexibility index (Phi) is 3.06. The molecule has 18 heavy (non-hydrogen) atoms. The van der Waals surface area contributed by atoms with Crippen molar-refractivity contribution in [1.29, 1.82) is 0 Å². The van der Waals surface area contributed by atoms with Crippen LogP contribution < -0.4 is 0 Å². The highest BCUT2D eigenvalue weighted by molar-refractivity contribution is 6.30. The number of hydrogen-bond acceptors (Lipinski definition) is 4. The third-order valence-corrected chi connectivity index (χ3v) is 3.40. The van der Waals surface area contributed by atoms with Crippen molar-refractivity contribution in [3.63, 3.8) is 0 Å². The molecule has 2 aromatic rings. The second kappa shape index (κ2) is 4.71. The van der Waals surface area contributed by atoms with Gasteiger partial charge in [-0.2, -0.15) is 4.98 Å². The zero-order chi connectivity index (χ0) is 12.5. The Morgan fingerprint density at radius 2 is 2.06 bits per heavy atom. The van der Waals surface area contributed by atoms with Crippen molar-refractivity contribution in [3.8, 4) is 0 Å². The lowest BCUT2D eigenvalue weighted by Gasteiger charge is -2.09. The van der Waals surface area contributed by atoms with Crippen LogP contribution in [0.2, 0.25) is 5.02 Å². The fourth-order valence-corrected chi connectivity index (χ4v) is 2.32. The van der Waals surface area contributed by atoms with E-state index < -0.39 is 0 Å². The van der Waals surface area contributed by atoms with Gasteiger partial charge in [0.2, 0.25) is 5.89 Å². The lowest BCUT2D eigenvalue weighted by atomic mass is 10.0. The Morgan fingerprint density at radius 3 is 2.72 bits per heavy atom. The quantitative estimate of drug-likeness (QED) is 0.835. The van der Waals surface area contributed by atoms with E-state index in [1.165, 1.54) is 0 Å². The number of benzene rings is 1. The molecule has 0 spiro atoms. The Hall–Kier alpha value is -1.39. The van der Waals surface area contributed by atoms with Crippen molar-refractivity contribution in [1.82, 2.24) is 10.1 Å². The van der Waals surface area contributed by atoms with Gasteiger partial charge in [0.15, 0.2) is 5.82 Å². The van der Waals surface area contributed by atoms with E-state index in [0.717, 1.165) is 22.8 Å². The van der Waals surface area contributed by atoms with E-state index in [1.54, 1.807) is 6.92 Å². The van der Waals surface area contributed by atoms with E-state index in [1.807, 2.05) is 24.3 Å². The van der Waals surface area contributed by atoms with Crippen molar-refractivity contribution in [3.05, 3.63) is 46.6 Å². The second-order valence-electron chi connectivity index (χ2n) is 4.48. The predicted octanol–water partition coefficient (Wildman–Crippen LogP) is 3.28. The normalized spacial score (nSPS) is 23.4. The number of halogens is 1. The zero-order valence-electron chi connectivity index (χ0n) is 9.97. The van der Waals surface area contributed by atoms with Gasteiger partial charge in [-0.05, 0) is 24.1 Å². The van der Waals surface area contributed by atoms with Crippen LogP contribution in [0.15, 0.2) is 28.8 Å². The SMILES string of the molecule is Cc1nc([C@@H]2CO[C@@H](c3ccc(Cl)cc3)C2)no1. The molecule has 3 rings (SSSR count). The van der Waals surface area contributed by atoms with Crippen LogP contribution in [-0.4, -0.2) is 16.7 Å². The summed E-state index contributed by atoms with van der Waals surface area (Å²) in [6.07, 6.45) is 0.965. The van der Waals surface area contributed by atoms with Gasteiger partial charge < -0.3 is 9.26 Å². The molecule has 0 N–H and O–H groups in total. The molecule has 2 atom stereocenters. The third kappa shape index (κ3) is 2.26. The molecule has 0 radical (unpaired) electrons. The van der Waals surface area contributed by atoms with Crippen LogP contribution in [0.1, 0.15) is 35.7 Å². The van der Waals surface area contributed by atoms with Crippen LogP contribution in [0.5, 0.6) is 0 Å². The summed E-state index contributed by atoms with van der Waals surface area (Å²) in [6.45, 7) is 2.43. The molecule has 0 bridgehead atoms. The van der Waals surface area contributed by atoms with Crippen molar-refractivity contribution in [2.45, 2.75) is 25.4 Å². The van der Waals surface area contributed by atoms with Gasteiger partial charge in [0.05, 0.1) is 12.7 Å². The Morgan fingerprint density at radius 1 is 1.28 bits per heavy atom. The van der Waals surface area contributed by atoms with Gasteiger partial charge in [-0.3, -0.25) is 0 Å². The van der Waals surface area contributed by atoms with Gasteiger partial charge in [0.25, 0.3) is 0 Å².